The Morgan fingerprint density at radius 3 is 2.37 bits per heavy atom. The van der Waals surface area contributed by atoms with Crippen LogP contribution in [0.1, 0.15) is 34.5 Å². The van der Waals surface area contributed by atoms with E-state index < -0.39 is 11.5 Å². The van der Waals surface area contributed by atoms with Crippen LogP contribution in [0.4, 0.5) is 0 Å². The average Bonchev–Trinajstić information content (AvgIpc) is 2.63. The number of fused-ring (bicyclic) bond motifs is 1. The molecule has 0 aromatic heterocycles. The minimum atomic E-state index is -0.936. The van der Waals surface area contributed by atoms with E-state index in [-0.39, 0.29) is 5.78 Å². The summed E-state index contributed by atoms with van der Waals surface area (Å²) < 4.78 is 0. The first-order valence-electron chi connectivity index (χ1n) is 6.13. The zero-order valence-corrected chi connectivity index (χ0v) is 11.2. The standard InChI is InChI=1S/C16H13ClO2/c1-16(10-6-8-11(17)9-7-10)14(18)12-4-2-3-5-13(12)15(16)19/h2-9,14,18H,1H3. The van der Waals surface area contributed by atoms with Gasteiger partial charge in [-0.25, -0.2) is 0 Å². The van der Waals surface area contributed by atoms with Gasteiger partial charge in [-0.3, -0.25) is 4.79 Å². The van der Waals surface area contributed by atoms with Crippen molar-refractivity contribution in [1.29, 1.82) is 0 Å². The summed E-state index contributed by atoms with van der Waals surface area (Å²) in [7, 11) is 0. The summed E-state index contributed by atoms with van der Waals surface area (Å²) in [5.74, 6) is -0.0436. The van der Waals surface area contributed by atoms with Gasteiger partial charge in [0, 0.05) is 10.6 Å². The van der Waals surface area contributed by atoms with Crippen molar-refractivity contribution in [2.45, 2.75) is 18.4 Å². The van der Waals surface area contributed by atoms with Crippen molar-refractivity contribution in [2.24, 2.45) is 0 Å². The molecule has 0 fully saturated rings. The molecule has 3 rings (SSSR count). The second-order valence-electron chi connectivity index (χ2n) is 5.03. The molecule has 3 heteroatoms. The highest BCUT2D eigenvalue weighted by Crippen LogP contribution is 2.47. The molecule has 0 spiro atoms. The molecule has 0 saturated heterocycles. The summed E-state index contributed by atoms with van der Waals surface area (Å²) in [6.07, 6.45) is -0.822. The van der Waals surface area contributed by atoms with Gasteiger partial charge in [-0.15, -0.1) is 0 Å². The van der Waals surface area contributed by atoms with Gasteiger partial charge in [0.05, 0.1) is 11.5 Å². The summed E-state index contributed by atoms with van der Waals surface area (Å²) in [4.78, 5) is 12.6. The number of rotatable bonds is 1. The molecule has 1 aliphatic rings. The number of Topliss-reactive ketones (excluding diaryl/α,β-unsaturated/α-hetero) is 1. The maximum Gasteiger partial charge on any atom is 0.176 e. The van der Waals surface area contributed by atoms with Crippen LogP contribution in [-0.4, -0.2) is 10.9 Å². The van der Waals surface area contributed by atoms with E-state index in [1.54, 1.807) is 43.3 Å². The van der Waals surface area contributed by atoms with Crippen LogP contribution in [0.3, 0.4) is 0 Å². The van der Waals surface area contributed by atoms with E-state index in [0.717, 1.165) is 5.56 Å². The maximum absolute atomic E-state index is 12.6. The zero-order valence-electron chi connectivity index (χ0n) is 10.4. The van der Waals surface area contributed by atoms with Crippen molar-refractivity contribution in [3.63, 3.8) is 0 Å². The number of ketones is 1. The normalized spacial score (nSPS) is 25.4. The highest BCUT2D eigenvalue weighted by Gasteiger charge is 2.50. The first-order chi connectivity index (χ1) is 9.05. The molecule has 2 unspecified atom stereocenters. The predicted molar refractivity (Wildman–Crippen MR) is 74.5 cm³/mol. The van der Waals surface area contributed by atoms with Crippen LogP contribution in [0, 0.1) is 0 Å². The number of carbonyl (C=O) groups excluding carboxylic acids is 1. The van der Waals surface area contributed by atoms with Crippen molar-refractivity contribution in [1.82, 2.24) is 0 Å². The molecule has 1 aliphatic carbocycles. The Labute approximate surface area is 116 Å². The Morgan fingerprint density at radius 1 is 1.11 bits per heavy atom. The number of halogens is 1. The monoisotopic (exact) mass is 272 g/mol. The SMILES string of the molecule is CC1(c2ccc(Cl)cc2)C(=O)c2ccccc2C1O. The zero-order chi connectivity index (χ0) is 13.6. The van der Waals surface area contributed by atoms with Gasteiger partial charge in [0.1, 0.15) is 0 Å². The molecule has 2 aromatic rings. The summed E-state index contributed by atoms with van der Waals surface area (Å²) in [5, 5.41) is 11.2. The van der Waals surface area contributed by atoms with E-state index in [2.05, 4.69) is 0 Å². The molecule has 0 saturated carbocycles. The van der Waals surface area contributed by atoms with Crippen LogP contribution in [0.5, 0.6) is 0 Å². The minimum absolute atomic E-state index is 0.0436. The van der Waals surface area contributed by atoms with Gasteiger partial charge in [-0.05, 0) is 30.2 Å². The van der Waals surface area contributed by atoms with Crippen LogP contribution in [0.15, 0.2) is 48.5 Å². The Kier molecular flexibility index (Phi) is 2.73. The van der Waals surface area contributed by atoms with E-state index in [1.807, 2.05) is 12.1 Å². The van der Waals surface area contributed by atoms with Gasteiger partial charge >= 0.3 is 0 Å². The second kappa shape index (κ2) is 4.19. The lowest BCUT2D eigenvalue weighted by atomic mass is 9.77. The van der Waals surface area contributed by atoms with Gasteiger partial charge in [0.2, 0.25) is 0 Å². The Morgan fingerprint density at radius 2 is 1.74 bits per heavy atom. The van der Waals surface area contributed by atoms with Crippen molar-refractivity contribution in [3.05, 3.63) is 70.2 Å². The quantitative estimate of drug-likeness (QED) is 0.862. The molecule has 0 amide bonds. The Bertz CT molecular complexity index is 648. The third-order valence-corrected chi connectivity index (χ3v) is 4.21. The Hall–Kier alpha value is -1.64. The van der Waals surface area contributed by atoms with E-state index in [4.69, 9.17) is 11.6 Å². The topological polar surface area (TPSA) is 37.3 Å². The van der Waals surface area contributed by atoms with Crippen LogP contribution >= 0.6 is 11.6 Å². The van der Waals surface area contributed by atoms with Crippen molar-refractivity contribution in [2.75, 3.05) is 0 Å². The lowest BCUT2D eigenvalue weighted by Gasteiger charge is -2.27. The lowest BCUT2D eigenvalue weighted by molar-refractivity contribution is 0.0684. The molecule has 1 N–H and O–H groups in total. The van der Waals surface area contributed by atoms with Gasteiger partial charge in [-0.2, -0.15) is 0 Å². The Balaban J connectivity index is 2.16. The molecular formula is C16H13ClO2. The van der Waals surface area contributed by atoms with Crippen molar-refractivity contribution < 1.29 is 9.90 Å². The largest absolute Gasteiger partial charge is 0.387 e. The fraction of sp³-hybridized carbons (Fsp3) is 0.188. The first kappa shape index (κ1) is 12.4. The number of aliphatic hydroxyl groups excluding tert-OH is 1. The van der Waals surface area contributed by atoms with E-state index >= 15 is 0 Å². The van der Waals surface area contributed by atoms with E-state index in [1.165, 1.54) is 0 Å². The third-order valence-electron chi connectivity index (χ3n) is 3.96. The number of hydrogen-bond acceptors (Lipinski definition) is 2. The number of hydrogen-bond donors (Lipinski definition) is 1. The number of carbonyl (C=O) groups is 1. The van der Waals surface area contributed by atoms with Gasteiger partial charge < -0.3 is 5.11 Å². The molecule has 96 valence electrons. The summed E-state index contributed by atoms with van der Waals surface area (Å²) in [6, 6.07) is 14.3. The smallest absolute Gasteiger partial charge is 0.176 e. The van der Waals surface area contributed by atoms with Gasteiger partial charge in [0.25, 0.3) is 0 Å². The third kappa shape index (κ3) is 1.64. The molecule has 2 aromatic carbocycles. The molecule has 2 nitrogen and oxygen atoms in total. The fourth-order valence-corrected chi connectivity index (χ4v) is 2.87. The highest BCUT2D eigenvalue weighted by atomic mass is 35.5. The van der Waals surface area contributed by atoms with Crippen molar-refractivity contribution >= 4 is 17.4 Å². The summed E-state index contributed by atoms with van der Waals surface area (Å²) in [6.45, 7) is 1.78. The van der Waals surface area contributed by atoms with E-state index in [9.17, 15) is 9.90 Å². The molecule has 0 heterocycles. The summed E-state index contributed by atoms with van der Waals surface area (Å²) >= 11 is 5.88. The molecule has 2 atom stereocenters. The van der Waals surface area contributed by atoms with Crippen LogP contribution in [0.25, 0.3) is 0 Å². The number of benzene rings is 2. The van der Waals surface area contributed by atoms with E-state index in [0.29, 0.717) is 16.1 Å². The molecule has 0 radical (unpaired) electrons. The summed E-state index contributed by atoms with van der Waals surface area (Å²) in [5.41, 5.74) is 1.15. The van der Waals surface area contributed by atoms with Crippen LogP contribution in [-0.2, 0) is 5.41 Å². The van der Waals surface area contributed by atoms with Gasteiger partial charge in [0.15, 0.2) is 5.78 Å². The van der Waals surface area contributed by atoms with Gasteiger partial charge in [-0.1, -0.05) is 48.0 Å². The highest BCUT2D eigenvalue weighted by molar-refractivity contribution is 6.30. The molecule has 0 bridgehead atoms. The number of aliphatic hydroxyl groups is 1. The molecule has 0 aliphatic heterocycles. The minimum Gasteiger partial charge on any atom is -0.387 e. The maximum atomic E-state index is 12.6. The second-order valence-corrected chi connectivity index (χ2v) is 5.46. The predicted octanol–water partition coefficient (Wildman–Crippen LogP) is 3.53. The van der Waals surface area contributed by atoms with Crippen molar-refractivity contribution in [3.8, 4) is 0 Å². The fourth-order valence-electron chi connectivity index (χ4n) is 2.74. The average molecular weight is 273 g/mol. The lowest BCUT2D eigenvalue weighted by Crippen LogP contribution is -2.33. The first-order valence-corrected chi connectivity index (χ1v) is 6.51. The molecule has 19 heavy (non-hydrogen) atoms. The van der Waals surface area contributed by atoms with Crippen LogP contribution < -0.4 is 0 Å². The molecular weight excluding hydrogens is 260 g/mol. The van der Waals surface area contributed by atoms with Crippen LogP contribution in [0.2, 0.25) is 5.02 Å².